The Morgan fingerprint density at radius 1 is 1.10 bits per heavy atom. The van der Waals surface area contributed by atoms with Crippen molar-refractivity contribution in [3.8, 4) is 5.75 Å². The van der Waals surface area contributed by atoms with Crippen molar-refractivity contribution >= 4 is 5.82 Å². The van der Waals surface area contributed by atoms with Gasteiger partial charge in [-0.05, 0) is 17.7 Å². The second-order valence-electron chi connectivity index (χ2n) is 4.27. The van der Waals surface area contributed by atoms with E-state index < -0.39 is 0 Å². The summed E-state index contributed by atoms with van der Waals surface area (Å²) in [5, 5.41) is 0. The Hall–Kier alpha value is -2.11. The number of rotatable bonds is 7. The molecule has 0 saturated carbocycles. The van der Waals surface area contributed by atoms with Crippen molar-refractivity contribution in [1.29, 1.82) is 0 Å². The van der Waals surface area contributed by atoms with Gasteiger partial charge in [-0.1, -0.05) is 30.3 Å². The first-order chi connectivity index (χ1) is 9.81. The summed E-state index contributed by atoms with van der Waals surface area (Å²) in [4.78, 5) is 4.01. The molecule has 4 N–H and O–H groups in total. The Labute approximate surface area is 118 Å². The maximum atomic E-state index is 5.92. The van der Waals surface area contributed by atoms with Crippen LogP contribution in [0.4, 0.5) is 5.82 Å². The summed E-state index contributed by atoms with van der Waals surface area (Å²) in [5.41, 5.74) is 12.3. The van der Waals surface area contributed by atoms with E-state index in [1.807, 2.05) is 30.3 Å². The number of benzene rings is 1. The van der Waals surface area contributed by atoms with E-state index in [1.165, 1.54) is 0 Å². The first kappa shape index (κ1) is 14.3. The highest BCUT2D eigenvalue weighted by Gasteiger charge is 2.15. The van der Waals surface area contributed by atoms with E-state index in [9.17, 15) is 0 Å². The molecular formula is C15H19N3O2. The van der Waals surface area contributed by atoms with Crippen LogP contribution < -0.4 is 16.2 Å². The highest BCUT2D eigenvalue weighted by Crippen LogP contribution is 2.25. The molecule has 1 heterocycles. The van der Waals surface area contributed by atoms with E-state index in [1.54, 1.807) is 18.3 Å². The van der Waals surface area contributed by atoms with Crippen molar-refractivity contribution in [2.45, 2.75) is 6.10 Å². The van der Waals surface area contributed by atoms with Crippen LogP contribution in [0.2, 0.25) is 0 Å². The van der Waals surface area contributed by atoms with Gasteiger partial charge in [-0.3, -0.25) is 0 Å². The summed E-state index contributed by atoms with van der Waals surface area (Å²) < 4.78 is 11.4. The molecule has 5 nitrogen and oxygen atoms in total. The highest BCUT2D eigenvalue weighted by molar-refractivity contribution is 5.45. The van der Waals surface area contributed by atoms with Crippen LogP contribution >= 0.6 is 0 Å². The maximum absolute atomic E-state index is 5.92. The number of hydrogen-bond acceptors (Lipinski definition) is 5. The second kappa shape index (κ2) is 7.47. The lowest BCUT2D eigenvalue weighted by Gasteiger charge is -2.20. The van der Waals surface area contributed by atoms with Crippen LogP contribution in [0.15, 0.2) is 48.7 Å². The van der Waals surface area contributed by atoms with Gasteiger partial charge in [-0.2, -0.15) is 0 Å². The average Bonchev–Trinajstić information content (AvgIpc) is 2.49. The van der Waals surface area contributed by atoms with E-state index in [0.29, 0.717) is 31.3 Å². The van der Waals surface area contributed by atoms with Gasteiger partial charge in [0.25, 0.3) is 0 Å². The molecule has 0 radical (unpaired) electrons. The predicted molar refractivity (Wildman–Crippen MR) is 78.3 cm³/mol. The quantitative estimate of drug-likeness (QED) is 0.751. The Balaban J connectivity index is 2.12. The van der Waals surface area contributed by atoms with Gasteiger partial charge in [-0.25, -0.2) is 4.98 Å². The normalized spacial score (nSPS) is 12.1. The Kier molecular flexibility index (Phi) is 5.34. The highest BCUT2D eigenvalue weighted by atomic mass is 16.5. The molecule has 1 unspecified atom stereocenters. The minimum Gasteiger partial charge on any atom is -0.479 e. The number of nitrogens with zero attached hydrogens (tertiary/aromatic N) is 1. The SMILES string of the molecule is NCCOCC(Oc1cccnc1N)c1ccccc1. The number of nitrogens with two attached hydrogens (primary N) is 2. The lowest BCUT2D eigenvalue weighted by molar-refractivity contribution is 0.0535. The maximum Gasteiger partial charge on any atom is 0.166 e. The molecule has 20 heavy (non-hydrogen) atoms. The third-order valence-corrected chi connectivity index (χ3v) is 2.77. The minimum atomic E-state index is -0.241. The Bertz CT molecular complexity index is 520. The van der Waals surface area contributed by atoms with Gasteiger partial charge in [0.1, 0.15) is 6.10 Å². The van der Waals surface area contributed by atoms with Crippen LogP contribution in [0.5, 0.6) is 5.75 Å². The fourth-order valence-corrected chi connectivity index (χ4v) is 1.80. The first-order valence-electron chi connectivity index (χ1n) is 6.51. The van der Waals surface area contributed by atoms with Crippen molar-refractivity contribution in [2.75, 3.05) is 25.5 Å². The molecule has 2 rings (SSSR count). The number of ether oxygens (including phenoxy) is 2. The zero-order valence-corrected chi connectivity index (χ0v) is 11.2. The van der Waals surface area contributed by atoms with Crippen molar-refractivity contribution < 1.29 is 9.47 Å². The van der Waals surface area contributed by atoms with Gasteiger partial charge < -0.3 is 20.9 Å². The van der Waals surface area contributed by atoms with Crippen molar-refractivity contribution in [1.82, 2.24) is 4.98 Å². The van der Waals surface area contributed by atoms with Crippen LogP contribution in [0.3, 0.4) is 0 Å². The van der Waals surface area contributed by atoms with Gasteiger partial charge in [0.2, 0.25) is 0 Å². The lowest BCUT2D eigenvalue weighted by atomic mass is 10.1. The molecule has 5 heteroatoms. The summed E-state index contributed by atoms with van der Waals surface area (Å²) in [5.74, 6) is 0.921. The van der Waals surface area contributed by atoms with Crippen LogP contribution in [-0.4, -0.2) is 24.7 Å². The van der Waals surface area contributed by atoms with E-state index in [4.69, 9.17) is 20.9 Å². The van der Waals surface area contributed by atoms with Crippen LogP contribution in [0.25, 0.3) is 0 Å². The van der Waals surface area contributed by atoms with E-state index in [0.717, 1.165) is 5.56 Å². The van der Waals surface area contributed by atoms with Gasteiger partial charge in [0, 0.05) is 12.7 Å². The van der Waals surface area contributed by atoms with E-state index in [-0.39, 0.29) is 6.10 Å². The molecule has 1 atom stereocenters. The number of nitrogen functional groups attached to an aromatic ring is 1. The molecule has 0 aliphatic rings. The molecule has 0 aliphatic carbocycles. The molecule has 106 valence electrons. The smallest absolute Gasteiger partial charge is 0.166 e. The third kappa shape index (κ3) is 3.94. The fraction of sp³-hybridized carbons (Fsp3) is 0.267. The summed E-state index contributed by atoms with van der Waals surface area (Å²) in [7, 11) is 0. The molecule has 1 aromatic carbocycles. The van der Waals surface area contributed by atoms with Crippen LogP contribution in [-0.2, 0) is 4.74 Å². The minimum absolute atomic E-state index is 0.241. The third-order valence-electron chi connectivity index (χ3n) is 2.77. The number of hydrogen-bond donors (Lipinski definition) is 2. The molecule has 0 bridgehead atoms. The molecule has 0 amide bonds. The number of aromatic nitrogens is 1. The lowest BCUT2D eigenvalue weighted by Crippen LogP contribution is -2.18. The molecular weight excluding hydrogens is 254 g/mol. The monoisotopic (exact) mass is 273 g/mol. The molecule has 0 saturated heterocycles. The molecule has 1 aromatic heterocycles. The second-order valence-corrected chi connectivity index (χ2v) is 4.27. The molecule has 0 aliphatic heterocycles. The van der Waals surface area contributed by atoms with Crippen molar-refractivity contribution in [3.05, 3.63) is 54.2 Å². The Morgan fingerprint density at radius 3 is 2.60 bits per heavy atom. The summed E-state index contributed by atoms with van der Waals surface area (Å²) in [6, 6.07) is 13.4. The van der Waals surface area contributed by atoms with Crippen molar-refractivity contribution in [3.63, 3.8) is 0 Å². The van der Waals surface area contributed by atoms with Gasteiger partial charge >= 0.3 is 0 Å². The molecule has 2 aromatic rings. The number of pyridine rings is 1. The molecule has 0 spiro atoms. The van der Waals surface area contributed by atoms with Gasteiger partial charge in [0.05, 0.1) is 13.2 Å². The van der Waals surface area contributed by atoms with Gasteiger partial charge in [0.15, 0.2) is 11.6 Å². The largest absolute Gasteiger partial charge is 0.479 e. The predicted octanol–water partition coefficient (Wildman–Crippen LogP) is 1.76. The average molecular weight is 273 g/mol. The van der Waals surface area contributed by atoms with E-state index in [2.05, 4.69) is 4.98 Å². The summed E-state index contributed by atoms with van der Waals surface area (Å²) in [6.07, 6.45) is 1.39. The topological polar surface area (TPSA) is 83.4 Å². The zero-order valence-electron chi connectivity index (χ0n) is 11.2. The molecule has 0 fully saturated rings. The van der Waals surface area contributed by atoms with Crippen LogP contribution in [0.1, 0.15) is 11.7 Å². The standard InChI is InChI=1S/C15H19N3O2/c16-8-10-19-11-14(12-5-2-1-3-6-12)20-13-7-4-9-18-15(13)17/h1-7,9,14H,8,10-11,16H2,(H2,17,18). The summed E-state index contributed by atoms with van der Waals surface area (Å²) >= 11 is 0. The first-order valence-corrected chi connectivity index (χ1v) is 6.51. The van der Waals surface area contributed by atoms with Crippen molar-refractivity contribution in [2.24, 2.45) is 5.73 Å². The van der Waals surface area contributed by atoms with E-state index >= 15 is 0 Å². The fourth-order valence-electron chi connectivity index (χ4n) is 1.80. The Morgan fingerprint density at radius 2 is 1.90 bits per heavy atom. The number of anilines is 1. The van der Waals surface area contributed by atoms with Crippen LogP contribution in [0, 0.1) is 0 Å². The zero-order chi connectivity index (χ0) is 14.2. The summed E-state index contributed by atoms with van der Waals surface area (Å²) in [6.45, 7) is 1.39. The van der Waals surface area contributed by atoms with Gasteiger partial charge in [-0.15, -0.1) is 0 Å².